The predicted octanol–water partition coefficient (Wildman–Crippen LogP) is 2.72. The van der Waals surface area contributed by atoms with Crippen molar-refractivity contribution < 1.29 is 0 Å². The lowest BCUT2D eigenvalue weighted by Crippen LogP contribution is -1.90. The summed E-state index contributed by atoms with van der Waals surface area (Å²) in [7, 11) is 0. The van der Waals surface area contributed by atoms with Gasteiger partial charge in [-0.15, -0.1) is 5.92 Å². The van der Waals surface area contributed by atoms with Gasteiger partial charge in [0.1, 0.15) is 5.15 Å². The van der Waals surface area contributed by atoms with Crippen LogP contribution in [0.4, 0.5) is 0 Å². The Morgan fingerprint density at radius 2 is 2.08 bits per heavy atom. The summed E-state index contributed by atoms with van der Waals surface area (Å²) in [5.74, 6) is 5.74. The Labute approximate surface area is 77.8 Å². The van der Waals surface area contributed by atoms with Crippen LogP contribution in [0, 0.1) is 25.7 Å². The zero-order valence-corrected chi connectivity index (χ0v) is 8.16. The minimum absolute atomic E-state index is 0.502. The Hall–Kier alpha value is -1.00. The van der Waals surface area contributed by atoms with Crippen LogP contribution in [0.1, 0.15) is 23.7 Å². The topological polar surface area (TPSA) is 12.9 Å². The fourth-order valence-electron chi connectivity index (χ4n) is 1.07. The number of hydrogen-bond donors (Lipinski definition) is 0. The van der Waals surface area contributed by atoms with E-state index in [1.165, 1.54) is 0 Å². The largest absolute Gasteiger partial charge is 0.240 e. The molecule has 1 aromatic rings. The molecule has 0 radical (unpaired) electrons. The Balaban J connectivity index is 3.34. The zero-order chi connectivity index (χ0) is 9.14. The summed E-state index contributed by atoms with van der Waals surface area (Å²) in [4.78, 5) is 4.12. The second-order valence-electron chi connectivity index (χ2n) is 2.62. The molecule has 0 bridgehead atoms. The van der Waals surface area contributed by atoms with Crippen LogP contribution in [0.3, 0.4) is 0 Å². The number of rotatable bonds is 0. The highest BCUT2D eigenvalue weighted by atomic mass is 35.5. The second-order valence-corrected chi connectivity index (χ2v) is 2.98. The van der Waals surface area contributed by atoms with Gasteiger partial charge in [0.15, 0.2) is 0 Å². The molecule has 0 aliphatic heterocycles. The average Bonchev–Trinajstić information content (AvgIpc) is 1.96. The van der Waals surface area contributed by atoms with Gasteiger partial charge in [-0.25, -0.2) is 4.98 Å². The Morgan fingerprint density at radius 1 is 1.42 bits per heavy atom. The van der Waals surface area contributed by atoms with Crippen LogP contribution in [-0.4, -0.2) is 4.98 Å². The summed E-state index contributed by atoms with van der Waals surface area (Å²) < 4.78 is 0. The molecular formula is C10H10ClN. The summed E-state index contributed by atoms with van der Waals surface area (Å²) in [6.45, 7) is 5.69. The zero-order valence-electron chi connectivity index (χ0n) is 7.40. The first-order valence-corrected chi connectivity index (χ1v) is 4.09. The molecule has 1 aromatic heterocycles. The molecule has 0 saturated heterocycles. The molecule has 0 atom stereocenters. The van der Waals surface area contributed by atoms with Crippen molar-refractivity contribution in [1.82, 2.24) is 4.98 Å². The lowest BCUT2D eigenvalue weighted by Gasteiger charge is -2.01. The monoisotopic (exact) mass is 179 g/mol. The normalized spacial score (nSPS) is 9.00. The maximum atomic E-state index is 5.90. The van der Waals surface area contributed by atoms with Crippen LogP contribution in [0.2, 0.25) is 5.15 Å². The van der Waals surface area contributed by atoms with E-state index in [1.807, 2.05) is 19.9 Å². The molecule has 0 saturated carbocycles. The van der Waals surface area contributed by atoms with Crippen LogP contribution in [-0.2, 0) is 0 Å². The lowest BCUT2D eigenvalue weighted by atomic mass is 10.1. The minimum atomic E-state index is 0.502. The third-order valence-corrected chi connectivity index (χ3v) is 1.82. The van der Waals surface area contributed by atoms with E-state index < -0.39 is 0 Å². The van der Waals surface area contributed by atoms with Gasteiger partial charge in [-0.3, -0.25) is 0 Å². The summed E-state index contributed by atoms with van der Waals surface area (Å²) in [5, 5.41) is 0.502. The third-order valence-electron chi connectivity index (χ3n) is 1.55. The molecule has 0 aliphatic carbocycles. The molecule has 1 nitrogen and oxygen atoms in total. The summed E-state index contributed by atoms with van der Waals surface area (Å²) in [5.41, 5.74) is 2.85. The summed E-state index contributed by atoms with van der Waals surface area (Å²) in [6, 6.07) is 1.98. The quantitative estimate of drug-likeness (QED) is 0.441. The van der Waals surface area contributed by atoms with Gasteiger partial charge in [0.2, 0.25) is 0 Å². The maximum Gasteiger partial charge on any atom is 0.145 e. The van der Waals surface area contributed by atoms with E-state index in [4.69, 9.17) is 11.6 Å². The highest BCUT2D eigenvalue weighted by Gasteiger charge is 2.02. The van der Waals surface area contributed by atoms with E-state index in [-0.39, 0.29) is 0 Å². The van der Waals surface area contributed by atoms with Crippen molar-refractivity contribution in [1.29, 1.82) is 0 Å². The number of aromatic nitrogens is 1. The van der Waals surface area contributed by atoms with E-state index >= 15 is 0 Å². The van der Waals surface area contributed by atoms with E-state index in [9.17, 15) is 0 Å². The summed E-state index contributed by atoms with van der Waals surface area (Å²) >= 11 is 5.90. The standard InChI is InChI=1S/C10H10ClN/c1-4-5-9-7(2)6-8(3)12-10(9)11/h6H,1-3H3. The number of pyridine rings is 1. The van der Waals surface area contributed by atoms with Crippen molar-refractivity contribution in [2.75, 3.05) is 0 Å². The average molecular weight is 180 g/mol. The van der Waals surface area contributed by atoms with Gasteiger partial charge in [-0.1, -0.05) is 17.5 Å². The Bertz CT molecular complexity index is 335. The fourth-order valence-corrected chi connectivity index (χ4v) is 1.40. The predicted molar refractivity (Wildman–Crippen MR) is 51.3 cm³/mol. The molecule has 0 amide bonds. The van der Waals surface area contributed by atoms with Crippen molar-refractivity contribution in [3.63, 3.8) is 0 Å². The lowest BCUT2D eigenvalue weighted by molar-refractivity contribution is 1.17. The van der Waals surface area contributed by atoms with Gasteiger partial charge in [0.05, 0.1) is 5.56 Å². The highest BCUT2D eigenvalue weighted by molar-refractivity contribution is 6.30. The third kappa shape index (κ3) is 1.78. The molecule has 2 heteroatoms. The van der Waals surface area contributed by atoms with Crippen LogP contribution < -0.4 is 0 Å². The molecule has 0 aromatic carbocycles. The van der Waals surface area contributed by atoms with Crippen LogP contribution in [0.25, 0.3) is 0 Å². The number of nitrogens with zero attached hydrogens (tertiary/aromatic N) is 1. The van der Waals surface area contributed by atoms with Crippen molar-refractivity contribution in [3.8, 4) is 11.8 Å². The SMILES string of the molecule is CC#Cc1c(C)cc(C)nc1Cl. The van der Waals surface area contributed by atoms with E-state index in [0.717, 1.165) is 16.8 Å². The van der Waals surface area contributed by atoms with Gasteiger partial charge in [0.25, 0.3) is 0 Å². The molecule has 0 N–H and O–H groups in total. The van der Waals surface area contributed by atoms with Crippen molar-refractivity contribution in [3.05, 3.63) is 28.0 Å². The highest BCUT2D eigenvalue weighted by Crippen LogP contribution is 2.16. The Kier molecular flexibility index (Phi) is 2.73. The van der Waals surface area contributed by atoms with Crippen LogP contribution >= 0.6 is 11.6 Å². The molecule has 62 valence electrons. The van der Waals surface area contributed by atoms with Crippen LogP contribution in [0.5, 0.6) is 0 Å². The molecule has 0 fully saturated rings. The van der Waals surface area contributed by atoms with Gasteiger partial charge in [-0.2, -0.15) is 0 Å². The Morgan fingerprint density at radius 3 is 2.58 bits per heavy atom. The molecule has 0 spiro atoms. The van der Waals surface area contributed by atoms with Crippen molar-refractivity contribution in [2.45, 2.75) is 20.8 Å². The molecular weight excluding hydrogens is 170 g/mol. The molecule has 0 unspecified atom stereocenters. The minimum Gasteiger partial charge on any atom is -0.240 e. The van der Waals surface area contributed by atoms with Gasteiger partial charge < -0.3 is 0 Å². The number of halogens is 1. The molecule has 1 rings (SSSR count). The van der Waals surface area contributed by atoms with Gasteiger partial charge >= 0.3 is 0 Å². The van der Waals surface area contributed by atoms with E-state index in [1.54, 1.807) is 6.92 Å². The first kappa shape index (κ1) is 9.09. The van der Waals surface area contributed by atoms with E-state index in [0.29, 0.717) is 5.15 Å². The first-order valence-electron chi connectivity index (χ1n) is 3.71. The fraction of sp³-hybridized carbons (Fsp3) is 0.300. The smallest absolute Gasteiger partial charge is 0.145 e. The van der Waals surface area contributed by atoms with Crippen LogP contribution in [0.15, 0.2) is 6.07 Å². The first-order chi connectivity index (χ1) is 5.65. The van der Waals surface area contributed by atoms with Gasteiger partial charge in [-0.05, 0) is 32.4 Å². The second kappa shape index (κ2) is 3.60. The molecule has 1 heterocycles. The summed E-state index contributed by atoms with van der Waals surface area (Å²) in [6.07, 6.45) is 0. The number of hydrogen-bond acceptors (Lipinski definition) is 1. The van der Waals surface area contributed by atoms with Gasteiger partial charge in [0, 0.05) is 5.69 Å². The number of aryl methyl sites for hydroxylation is 2. The van der Waals surface area contributed by atoms with E-state index in [2.05, 4.69) is 16.8 Å². The van der Waals surface area contributed by atoms with Crippen molar-refractivity contribution in [2.24, 2.45) is 0 Å². The van der Waals surface area contributed by atoms with Crippen molar-refractivity contribution >= 4 is 11.6 Å². The molecule has 0 aliphatic rings. The maximum absolute atomic E-state index is 5.90. The molecule has 12 heavy (non-hydrogen) atoms.